The van der Waals surface area contributed by atoms with E-state index in [0.717, 1.165) is 11.4 Å². The SMILES string of the molecule is Cc1nn(C(C)C)cc1NC(=O)CCl. The van der Waals surface area contributed by atoms with Crippen molar-refractivity contribution in [2.45, 2.75) is 26.8 Å². The van der Waals surface area contributed by atoms with Crippen LogP contribution in [0.1, 0.15) is 25.6 Å². The molecule has 0 saturated carbocycles. The van der Waals surface area contributed by atoms with Crippen LogP contribution >= 0.6 is 11.6 Å². The number of hydrogen-bond acceptors (Lipinski definition) is 2. The fourth-order valence-electron chi connectivity index (χ4n) is 1.05. The number of rotatable bonds is 3. The Bertz CT molecular complexity index is 333. The molecule has 0 bridgehead atoms. The smallest absolute Gasteiger partial charge is 0.239 e. The monoisotopic (exact) mass is 215 g/mol. The van der Waals surface area contributed by atoms with Gasteiger partial charge in [0, 0.05) is 12.2 Å². The average Bonchev–Trinajstić information content (AvgIpc) is 2.48. The molecule has 1 rings (SSSR count). The van der Waals surface area contributed by atoms with Crippen molar-refractivity contribution in [3.63, 3.8) is 0 Å². The highest BCUT2D eigenvalue weighted by Crippen LogP contribution is 2.15. The summed E-state index contributed by atoms with van der Waals surface area (Å²) in [5, 5.41) is 6.94. The fraction of sp³-hybridized carbons (Fsp3) is 0.556. The standard InChI is InChI=1S/C9H14ClN3O/c1-6(2)13-5-8(7(3)12-13)11-9(14)4-10/h5-6H,4H2,1-3H3,(H,11,14). The summed E-state index contributed by atoms with van der Waals surface area (Å²) in [4.78, 5) is 11.0. The van der Waals surface area contributed by atoms with Crippen LogP contribution in [0.15, 0.2) is 6.20 Å². The third-order valence-electron chi connectivity index (χ3n) is 1.84. The molecule has 0 aromatic carbocycles. The lowest BCUT2D eigenvalue weighted by molar-refractivity contribution is -0.113. The predicted octanol–water partition coefficient (Wildman–Crippen LogP) is 1.95. The van der Waals surface area contributed by atoms with Gasteiger partial charge in [0.2, 0.25) is 5.91 Å². The van der Waals surface area contributed by atoms with Crippen LogP contribution in [0.5, 0.6) is 0 Å². The van der Waals surface area contributed by atoms with E-state index in [4.69, 9.17) is 11.6 Å². The van der Waals surface area contributed by atoms with Gasteiger partial charge in [0.25, 0.3) is 0 Å². The van der Waals surface area contributed by atoms with Gasteiger partial charge in [-0.2, -0.15) is 5.10 Å². The summed E-state index contributed by atoms with van der Waals surface area (Å²) in [6.07, 6.45) is 1.81. The molecular formula is C9H14ClN3O. The van der Waals surface area contributed by atoms with E-state index in [1.165, 1.54) is 0 Å². The highest BCUT2D eigenvalue weighted by atomic mass is 35.5. The summed E-state index contributed by atoms with van der Waals surface area (Å²) in [6.45, 7) is 5.90. The fourth-order valence-corrected chi connectivity index (χ4v) is 1.12. The number of alkyl halides is 1. The normalized spacial score (nSPS) is 10.6. The van der Waals surface area contributed by atoms with Gasteiger partial charge in [0.05, 0.1) is 11.4 Å². The Balaban J connectivity index is 2.82. The van der Waals surface area contributed by atoms with Crippen LogP contribution < -0.4 is 5.32 Å². The molecule has 0 unspecified atom stereocenters. The summed E-state index contributed by atoms with van der Waals surface area (Å²) in [7, 11) is 0. The van der Waals surface area contributed by atoms with Crippen LogP contribution in [0.3, 0.4) is 0 Å². The Kier molecular flexibility index (Phi) is 3.52. The zero-order valence-electron chi connectivity index (χ0n) is 8.54. The minimum atomic E-state index is -0.210. The first-order valence-corrected chi connectivity index (χ1v) is 4.99. The van der Waals surface area contributed by atoms with E-state index in [1.54, 1.807) is 4.68 Å². The number of aromatic nitrogens is 2. The van der Waals surface area contributed by atoms with Crippen LogP contribution in [0.2, 0.25) is 0 Å². The van der Waals surface area contributed by atoms with Crippen LogP contribution in [0.25, 0.3) is 0 Å². The van der Waals surface area contributed by atoms with E-state index in [0.29, 0.717) is 0 Å². The van der Waals surface area contributed by atoms with Gasteiger partial charge < -0.3 is 5.32 Å². The molecule has 0 radical (unpaired) electrons. The number of carbonyl (C=O) groups excluding carboxylic acids is 1. The molecule has 1 N–H and O–H groups in total. The molecule has 5 heteroatoms. The quantitative estimate of drug-likeness (QED) is 0.784. The van der Waals surface area contributed by atoms with Gasteiger partial charge in [-0.15, -0.1) is 11.6 Å². The summed E-state index contributed by atoms with van der Waals surface area (Å²) in [5.74, 6) is -0.246. The van der Waals surface area contributed by atoms with Crippen LogP contribution in [0, 0.1) is 6.92 Å². The van der Waals surface area contributed by atoms with Gasteiger partial charge in [-0.05, 0) is 20.8 Å². The Hall–Kier alpha value is -1.03. The lowest BCUT2D eigenvalue weighted by atomic mass is 10.4. The number of nitrogens with one attached hydrogen (secondary N) is 1. The molecule has 0 aliphatic rings. The van der Waals surface area contributed by atoms with Crippen LogP contribution in [-0.2, 0) is 4.79 Å². The van der Waals surface area contributed by atoms with Gasteiger partial charge in [0.1, 0.15) is 5.88 Å². The highest BCUT2D eigenvalue weighted by Gasteiger charge is 2.08. The summed E-state index contributed by atoms with van der Waals surface area (Å²) in [5.41, 5.74) is 1.53. The molecule has 0 saturated heterocycles. The van der Waals surface area contributed by atoms with Crippen molar-refractivity contribution in [1.82, 2.24) is 9.78 Å². The number of aryl methyl sites for hydroxylation is 1. The van der Waals surface area contributed by atoms with Crippen LogP contribution in [0.4, 0.5) is 5.69 Å². The lowest BCUT2D eigenvalue weighted by Crippen LogP contribution is -2.12. The first kappa shape index (κ1) is 11.0. The van der Waals surface area contributed by atoms with E-state index >= 15 is 0 Å². The maximum Gasteiger partial charge on any atom is 0.239 e. The zero-order valence-corrected chi connectivity index (χ0v) is 9.30. The van der Waals surface area contributed by atoms with E-state index in [9.17, 15) is 4.79 Å². The van der Waals surface area contributed by atoms with Crippen molar-refractivity contribution < 1.29 is 4.79 Å². The first-order valence-electron chi connectivity index (χ1n) is 4.46. The van der Waals surface area contributed by atoms with E-state index in [-0.39, 0.29) is 17.8 Å². The van der Waals surface area contributed by atoms with Crippen molar-refractivity contribution in [3.8, 4) is 0 Å². The molecule has 1 amide bonds. The molecule has 1 aromatic heterocycles. The van der Waals surface area contributed by atoms with Gasteiger partial charge in [0.15, 0.2) is 0 Å². The largest absolute Gasteiger partial charge is 0.322 e. The van der Waals surface area contributed by atoms with Crippen molar-refractivity contribution in [2.75, 3.05) is 11.2 Å². The first-order chi connectivity index (χ1) is 6.54. The number of carbonyl (C=O) groups is 1. The maximum absolute atomic E-state index is 11.0. The number of halogens is 1. The average molecular weight is 216 g/mol. The lowest BCUT2D eigenvalue weighted by Gasteiger charge is -2.03. The minimum Gasteiger partial charge on any atom is -0.322 e. The predicted molar refractivity (Wildman–Crippen MR) is 56.7 cm³/mol. The summed E-state index contributed by atoms with van der Waals surface area (Å²) in [6, 6.07) is 0.287. The molecule has 1 aromatic rings. The summed E-state index contributed by atoms with van der Waals surface area (Å²) < 4.78 is 1.80. The molecule has 0 aliphatic heterocycles. The third-order valence-corrected chi connectivity index (χ3v) is 2.08. The molecule has 78 valence electrons. The van der Waals surface area contributed by atoms with Crippen molar-refractivity contribution >= 4 is 23.2 Å². The second-order valence-corrected chi connectivity index (χ2v) is 3.65. The van der Waals surface area contributed by atoms with Crippen molar-refractivity contribution in [1.29, 1.82) is 0 Å². The van der Waals surface area contributed by atoms with E-state index < -0.39 is 0 Å². The Morgan fingerprint density at radius 2 is 2.36 bits per heavy atom. The molecule has 0 fully saturated rings. The molecule has 14 heavy (non-hydrogen) atoms. The zero-order chi connectivity index (χ0) is 10.7. The summed E-state index contributed by atoms with van der Waals surface area (Å²) >= 11 is 5.38. The molecule has 4 nitrogen and oxygen atoms in total. The van der Waals surface area contributed by atoms with Gasteiger partial charge >= 0.3 is 0 Å². The van der Waals surface area contributed by atoms with Crippen molar-refractivity contribution in [3.05, 3.63) is 11.9 Å². The molecule has 1 heterocycles. The maximum atomic E-state index is 11.0. The Morgan fingerprint density at radius 1 is 1.71 bits per heavy atom. The molecule has 0 aliphatic carbocycles. The highest BCUT2D eigenvalue weighted by molar-refractivity contribution is 6.29. The Labute approximate surface area is 88.2 Å². The van der Waals surface area contributed by atoms with Crippen LogP contribution in [-0.4, -0.2) is 21.6 Å². The van der Waals surface area contributed by atoms with Gasteiger partial charge in [-0.1, -0.05) is 0 Å². The third kappa shape index (κ3) is 2.48. The van der Waals surface area contributed by atoms with Crippen molar-refractivity contribution in [2.24, 2.45) is 0 Å². The second kappa shape index (κ2) is 4.46. The van der Waals surface area contributed by atoms with Gasteiger partial charge in [-0.3, -0.25) is 9.48 Å². The number of anilines is 1. The second-order valence-electron chi connectivity index (χ2n) is 3.38. The van der Waals surface area contributed by atoms with E-state index in [2.05, 4.69) is 10.4 Å². The topological polar surface area (TPSA) is 46.9 Å². The molecule has 0 spiro atoms. The molecular weight excluding hydrogens is 202 g/mol. The number of hydrogen-bond donors (Lipinski definition) is 1. The molecule has 0 atom stereocenters. The Morgan fingerprint density at radius 3 is 2.79 bits per heavy atom. The minimum absolute atomic E-state index is 0.0354. The number of amides is 1. The van der Waals surface area contributed by atoms with E-state index in [1.807, 2.05) is 27.0 Å². The number of nitrogens with zero attached hydrogens (tertiary/aromatic N) is 2. The van der Waals surface area contributed by atoms with Gasteiger partial charge in [-0.25, -0.2) is 0 Å².